The van der Waals surface area contributed by atoms with Crippen molar-refractivity contribution in [3.8, 4) is 0 Å². The van der Waals surface area contributed by atoms with Crippen LogP contribution in [-0.4, -0.2) is 30.1 Å². The smallest absolute Gasteiger partial charge is 0.408 e. The average molecular weight is 294 g/mol. The number of nitrogens with one attached hydrogen (secondary N) is 2. The number of amides is 1. The molecule has 0 saturated carbocycles. The molecule has 1 aromatic rings. The van der Waals surface area contributed by atoms with E-state index in [1.165, 1.54) is 6.07 Å². The Morgan fingerprint density at radius 2 is 2.14 bits per heavy atom. The van der Waals surface area contributed by atoms with Crippen LogP contribution in [0.25, 0.3) is 0 Å². The van der Waals surface area contributed by atoms with E-state index in [2.05, 4.69) is 10.6 Å². The van der Waals surface area contributed by atoms with Gasteiger partial charge in [0.05, 0.1) is 0 Å². The highest BCUT2D eigenvalue weighted by molar-refractivity contribution is 5.91. The molecule has 0 fully saturated rings. The van der Waals surface area contributed by atoms with Crippen LogP contribution in [0, 0.1) is 5.82 Å². The number of ether oxygens (including phenoxy) is 1. The highest BCUT2D eigenvalue weighted by Gasteiger charge is 2.28. The number of anilines is 1. The molecule has 1 aliphatic rings. The number of fused-ring (bicyclic) bond motifs is 1. The molecular weight excluding hydrogens is 275 g/mol. The van der Waals surface area contributed by atoms with Gasteiger partial charge in [-0.05, 0) is 32.9 Å². The zero-order valence-electron chi connectivity index (χ0n) is 12.3. The topological polar surface area (TPSA) is 67.4 Å². The van der Waals surface area contributed by atoms with Crippen LogP contribution in [0.4, 0.5) is 14.9 Å². The van der Waals surface area contributed by atoms with Crippen LogP contribution in [0.5, 0.6) is 0 Å². The molecule has 21 heavy (non-hydrogen) atoms. The molecule has 1 atom stereocenters. The van der Waals surface area contributed by atoms with Crippen molar-refractivity contribution >= 4 is 17.6 Å². The Balaban J connectivity index is 2.07. The van der Waals surface area contributed by atoms with Crippen LogP contribution in [0.2, 0.25) is 0 Å². The Morgan fingerprint density at radius 3 is 2.81 bits per heavy atom. The predicted octanol–water partition coefficient (Wildman–Crippen LogP) is 2.26. The van der Waals surface area contributed by atoms with Gasteiger partial charge in [0.1, 0.15) is 17.5 Å². The van der Waals surface area contributed by atoms with Crippen LogP contribution in [0.15, 0.2) is 18.2 Å². The molecule has 1 heterocycles. The summed E-state index contributed by atoms with van der Waals surface area (Å²) in [5, 5.41) is 5.51. The van der Waals surface area contributed by atoms with Crippen LogP contribution >= 0.6 is 0 Å². The third kappa shape index (κ3) is 3.93. The number of rotatable bonds is 1. The fourth-order valence-corrected chi connectivity index (χ4v) is 2.11. The van der Waals surface area contributed by atoms with Gasteiger partial charge in [-0.25, -0.2) is 9.18 Å². The van der Waals surface area contributed by atoms with Gasteiger partial charge >= 0.3 is 6.09 Å². The molecule has 0 unspecified atom stereocenters. The molecule has 0 aliphatic carbocycles. The van der Waals surface area contributed by atoms with Gasteiger partial charge in [-0.15, -0.1) is 0 Å². The van der Waals surface area contributed by atoms with Crippen LogP contribution < -0.4 is 10.6 Å². The molecule has 0 aromatic heterocycles. The van der Waals surface area contributed by atoms with Crippen molar-refractivity contribution in [2.24, 2.45) is 0 Å². The normalized spacial score (nSPS) is 18.3. The second kappa shape index (κ2) is 5.71. The van der Waals surface area contributed by atoms with Gasteiger partial charge in [-0.3, -0.25) is 4.79 Å². The molecule has 0 radical (unpaired) electrons. The predicted molar refractivity (Wildman–Crippen MR) is 76.8 cm³/mol. The van der Waals surface area contributed by atoms with E-state index in [0.717, 1.165) is 0 Å². The van der Waals surface area contributed by atoms with Crippen molar-refractivity contribution in [1.29, 1.82) is 0 Å². The van der Waals surface area contributed by atoms with E-state index in [1.54, 1.807) is 32.9 Å². The number of hydrogen-bond donors (Lipinski definition) is 2. The number of benzene rings is 1. The second-order valence-corrected chi connectivity index (χ2v) is 5.99. The fourth-order valence-electron chi connectivity index (χ4n) is 2.11. The first kappa shape index (κ1) is 15.3. The lowest BCUT2D eigenvalue weighted by Gasteiger charge is -2.22. The number of alkyl carbamates (subject to hydrolysis) is 1. The summed E-state index contributed by atoms with van der Waals surface area (Å²) < 4.78 is 18.9. The monoisotopic (exact) mass is 294 g/mol. The summed E-state index contributed by atoms with van der Waals surface area (Å²) in [6.45, 7) is 5.43. The first-order valence-corrected chi connectivity index (χ1v) is 6.80. The third-order valence-electron chi connectivity index (χ3n) is 3.05. The van der Waals surface area contributed by atoms with E-state index in [-0.39, 0.29) is 18.7 Å². The molecule has 0 bridgehead atoms. The molecular formula is C15H19FN2O3. The Morgan fingerprint density at radius 1 is 1.43 bits per heavy atom. The van der Waals surface area contributed by atoms with Gasteiger partial charge in [0, 0.05) is 24.2 Å². The van der Waals surface area contributed by atoms with E-state index in [9.17, 15) is 14.0 Å². The summed E-state index contributed by atoms with van der Waals surface area (Å²) in [4.78, 5) is 23.9. The highest BCUT2D eigenvalue weighted by atomic mass is 19.1. The minimum atomic E-state index is -0.744. The Kier molecular flexibility index (Phi) is 4.16. The van der Waals surface area contributed by atoms with Crippen molar-refractivity contribution in [3.63, 3.8) is 0 Å². The van der Waals surface area contributed by atoms with E-state index < -0.39 is 23.6 Å². The van der Waals surface area contributed by atoms with Gasteiger partial charge in [0.15, 0.2) is 5.78 Å². The maximum Gasteiger partial charge on any atom is 0.408 e. The molecule has 6 heteroatoms. The lowest BCUT2D eigenvalue weighted by molar-refractivity contribution is -0.120. The van der Waals surface area contributed by atoms with Gasteiger partial charge in [-0.2, -0.15) is 0 Å². The lowest BCUT2D eigenvalue weighted by atomic mass is 10.0. The maximum absolute atomic E-state index is 13.7. The molecule has 2 rings (SSSR count). The molecule has 114 valence electrons. The minimum Gasteiger partial charge on any atom is -0.444 e. The lowest BCUT2D eigenvalue weighted by Crippen LogP contribution is -2.46. The largest absolute Gasteiger partial charge is 0.444 e. The number of hydrogen-bond acceptors (Lipinski definition) is 4. The van der Waals surface area contributed by atoms with Crippen molar-refractivity contribution in [1.82, 2.24) is 5.32 Å². The Labute approximate surface area is 122 Å². The summed E-state index contributed by atoms with van der Waals surface area (Å²) in [7, 11) is 0. The van der Waals surface area contributed by atoms with E-state index in [1.807, 2.05) is 0 Å². The van der Waals surface area contributed by atoms with E-state index >= 15 is 0 Å². The molecule has 1 amide bonds. The fraction of sp³-hybridized carbons (Fsp3) is 0.467. The van der Waals surface area contributed by atoms with Gasteiger partial charge < -0.3 is 15.4 Å². The summed E-state index contributed by atoms with van der Waals surface area (Å²) in [6.07, 6.45) is -0.718. The number of ketones is 1. The first-order valence-electron chi connectivity index (χ1n) is 6.80. The number of Topliss-reactive ketones (excluding diaryl/α,β-unsaturated/α-hetero) is 1. The molecule has 1 aromatic carbocycles. The minimum absolute atomic E-state index is 0.0600. The summed E-state index contributed by atoms with van der Waals surface area (Å²) in [5.74, 6) is -0.677. The second-order valence-electron chi connectivity index (χ2n) is 5.99. The van der Waals surface area contributed by atoms with E-state index in [0.29, 0.717) is 11.3 Å². The molecule has 1 aliphatic heterocycles. The molecule has 2 N–H and O–H groups in total. The summed E-state index contributed by atoms with van der Waals surface area (Å²) in [5.41, 5.74) is 0.271. The van der Waals surface area contributed by atoms with Gasteiger partial charge in [-0.1, -0.05) is 6.07 Å². The highest BCUT2D eigenvalue weighted by Crippen LogP contribution is 2.22. The van der Waals surface area contributed by atoms with Crippen LogP contribution in [-0.2, 0) is 16.0 Å². The van der Waals surface area contributed by atoms with Crippen molar-refractivity contribution in [2.75, 3.05) is 11.9 Å². The van der Waals surface area contributed by atoms with Gasteiger partial charge in [0.2, 0.25) is 0 Å². The number of carbonyl (C=O) groups is 2. The summed E-state index contributed by atoms with van der Waals surface area (Å²) >= 11 is 0. The van der Waals surface area contributed by atoms with Crippen LogP contribution in [0.1, 0.15) is 26.3 Å². The molecule has 0 saturated heterocycles. The maximum atomic E-state index is 13.7. The number of carbonyl (C=O) groups excluding carboxylic acids is 2. The van der Waals surface area contributed by atoms with Crippen molar-refractivity contribution in [2.45, 2.75) is 38.8 Å². The standard InChI is InChI=1S/C15H19FN2O3/c1-15(2,3)21-14(20)18-12-8-17-11-6-4-5-10(16)9(11)7-13(12)19/h4-6,12,17H,7-8H2,1-3H3,(H,18,20)/t12-/m0/s1. The average Bonchev–Trinajstić information content (AvgIpc) is 2.49. The van der Waals surface area contributed by atoms with Gasteiger partial charge in [0.25, 0.3) is 0 Å². The first-order chi connectivity index (χ1) is 9.76. The zero-order valence-corrected chi connectivity index (χ0v) is 12.3. The number of halogens is 1. The van der Waals surface area contributed by atoms with Crippen LogP contribution in [0.3, 0.4) is 0 Å². The zero-order chi connectivity index (χ0) is 15.6. The Hall–Kier alpha value is -2.11. The summed E-state index contributed by atoms with van der Waals surface area (Å²) in [6, 6.07) is 3.86. The van der Waals surface area contributed by atoms with E-state index in [4.69, 9.17) is 4.74 Å². The SMILES string of the molecule is CC(C)(C)OC(=O)N[C@H]1CNc2cccc(F)c2CC1=O. The van der Waals surface area contributed by atoms with Crippen molar-refractivity contribution < 1.29 is 18.7 Å². The molecule has 0 spiro atoms. The third-order valence-corrected chi connectivity index (χ3v) is 3.05. The van der Waals surface area contributed by atoms with Crippen molar-refractivity contribution in [3.05, 3.63) is 29.6 Å². The Bertz CT molecular complexity index is 567. The quantitative estimate of drug-likeness (QED) is 0.833. The molecule has 5 nitrogen and oxygen atoms in total.